The highest BCUT2D eigenvalue weighted by atomic mass is 19.1. The molecule has 33 heavy (non-hydrogen) atoms. The minimum atomic E-state index is -0.287. The molecule has 0 spiro atoms. The zero-order valence-corrected chi connectivity index (χ0v) is 19.0. The largest absolute Gasteiger partial charge is 0.497 e. The van der Waals surface area contributed by atoms with E-state index >= 15 is 0 Å². The van der Waals surface area contributed by atoms with Crippen LogP contribution in [0.4, 0.5) is 10.3 Å². The molecule has 0 N–H and O–H groups in total. The molecular formula is C26H29FN4O2. The van der Waals surface area contributed by atoms with Crippen LogP contribution in [0.3, 0.4) is 0 Å². The van der Waals surface area contributed by atoms with E-state index in [-0.39, 0.29) is 5.82 Å². The van der Waals surface area contributed by atoms with Gasteiger partial charge in [-0.3, -0.25) is 4.90 Å². The van der Waals surface area contributed by atoms with Crippen molar-refractivity contribution >= 4 is 5.95 Å². The van der Waals surface area contributed by atoms with E-state index in [1.165, 1.54) is 24.1 Å². The number of anilines is 1. The lowest BCUT2D eigenvalue weighted by Crippen LogP contribution is -2.34. The second kappa shape index (κ2) is 9.75. The number of hydrogen-bond donors (Lipinski definition) is 0. The predicted molar refractivity (Wildman–Crippen MR) is 125 cm³/mol. The fourth-order valence-corrected chi connectivity index (χ4v) is 4.53. The normalized spacial score (nSPS) is 16.4. The standard InChI is InChI=1S/C26H29FN4O2/c1-32-22-7-5-6-19(16-22)17-30-15-12-24-23(18-30)25(33-21-10-8-20(27)9-11-21)29-26(28-24)31-13-3-2-4-14-31/h5-11,16H,2-4,12-15,17-18H2,1H3. The van der Waals surface area contributed by atoms with Gasteiger partial charge in [-0.2, -0.15) is 4.98 Å². The van der Waals surface area contributed by atoms with Crippen LogP contribution in [-0.2, 0) is 19.5 Å². The van der Waals surface area contributed by atoms with E-state index in [1.54, 1.807) is 19.2 Å². The van der Waals surface area contributed by atoms with Crippen LogP contribution in [0.2, 0.25) is 0 Å². The number of nitrogens with zero attached hydrogens (tertiary/aromatic N) is 4. The van der Waals surface area contributed by atoms with Crippen molar-refractivity contribution in [3.05, 3.63) is 71.2 Å². The molecule has 0 unspecified atom stereocenters. The first-order chi connectivity index (χ1) is 16.2. The van der Waals surface area contributed by atoms with E-state index in [4.69, 9.17) is 19.4 Å². The Hall–Kier alpha value is -3.19. The average molecular weight is 449 g/mol. The zero-order valence-electron chi connectivity index (χ0n) is 19.0. The quantitative estimate of drug-likeness (QED) is 0.531. The molecule has 172 valence electrons. The fraction of sp³-hybridized carbons (Fsp3) is 0.385. The number of methoxy groups -OCH3 is 1. The molecule has 6 nitrogen and oxygen atoms in total. The van der Waals surface area contributed by atoms with Crippen molar-refractivity contribution in [2.24, 2.45) is 0 Å². The molecule has 0 amide bonds. The molecule has 2 aliphatic heterocycles. The maximum atomic E-state index is 13.4. The number of piperidine rings is 1. The van der Waals surface area contributed by atoms with E-state index in [0.29, 0.717) is 18.2 Å². The molecule has 3 heterocycles. The maximum Gasteiger partial charge on any atom is 0.228 e. The van der Waals surface area contributed by atoms with Crippen molar-refractivity contribution in [2.45, 2.75) is 38.8 Å². The first kappa shape index (κ1) is 21.6. The van der Waals surface area contributed by atoms with Crippen molar-refractivity contribution in [3.63, 3.8) is 0 Å². The summed E-state index contributed by atoms with van der Waals surface area (Å²) in [5.74, 6) is 2.46. The fourth-order valence-electron chi connectivity index (χ4n) is 4.53. The van der Waals surface area contributed by atoms with E-state index < -0.39 is 0 Å². The summed E-state index contributed by atoms with van der Waals surface area (Å²) in [6.07, 6.45) is 4.40. The minimum Gasteiger partial charge on any atom is -0.497 e. The number of hydrogen-bond acceptors (Lipinski definition) is 6. The molecule has 1 saturated heterocycles. The number of halogens is 1. The monoisotopic (exact) mass is 448 g/mol. The van der Waals surface area contributed by atoms with Crippen molar-refractivity contribution < 1.29 is 13.9 Å². The molecule has 0 saturated carbocycles. The van der Waals surface area contributed by atoms with Gasteiger partial charge in [-0.15, -0.1) is 0 Å². The third-order valence-corrected chi connectivity index (χ3v) is 6.30. The molecular weight excluding hydrogens is 419 g/mol. The minimum absolute atomic E-state index is 0.287. The van der Waals surface area contributed by atoms with E-state index in [0.717, 1.165) is 68.4 Å². The van der Waals surface area contributed by atoms with Gasteiger partial charge in [0.05, 0.1) is 18.4 Å². The highest BCUT2D eigenvalue weighted by Crippen LogP contribution is 2.32. The molecule has 0 bridgehead atoms. The lowest BCUT2D eigenvalue weighted by molar-refractivity contribution is 0.238. The van der Waals surface area contributed by atoms with Gasteiger partial charge in [0.15, 0.2) is 0 Å². The smallest absolute Gasteiger partial charge is 0.228 e. The van der Waals surface area contributed by atoms with Gasteiger partial charge in [0.2, 0.25) is 11.8 Å². The van der Waals surface area contributed by atoms with E-state index in [2.05, 4.69) is 21.9 Å². The summed E-state index contributed by atoms with van der Waals surface area (Å²) >= 11 is 0. The summed E-state index contributed by atoms with van der Waals surface area (Å²) in [4.78, 5) is 14.4. The topological polar surface area (TPSA) is 50.7 Å². The third kappa shape index (κ3) is 5.09. The van der Waals surface area contributed by atoms with Crippen LogP contribution in [0, 0.1) is 5.82 Å². The van der Waals surface area contributed by atoms with Gasteiger partial charge >= 0.3 is 0 Å². The number of aromatic nitrogens is 2. The molecule has 3 aromatic rings. The Kier molecular flexibility index (Phi) is 6.39. The Morgan fingerprint density at radius 3 is 2.55 bits per heavy atom. The molecule has 1 fully saturated rings. The lowest BCUT2D eigenvalue weighted by atomic mass is 10.1. The van der Waals surface area contributed by atoms with Crippen LogP contribution in [0.5, 0.6) is 17.4 Å². The highest BCUT2D eigenvalue weighted by Gasteiger charge is 2.26. The van der Waals surface area contributed by atoms with Gasteiger partial charge in [0, 0.05) is 39.1 Å². The first-order valence-electron chi connectivity index (χ1n) is 11.6. The summed E-state index contributed by atoms with van der Waals surface area (Å²) < 4.78 is 25.0. The second-order valence-corrected chi connectivity index (χ2v) is 8.67. The molecule has 0 aliphatic carbocycles. The van der Waals surface area contributed by atoms with Gasteiger partial charge in [0.1, 0.15) is 17.3 Å². The predicted octanol–water partition coefficient (Wildman–Crippen LogP) is 4.97. The van der Waals surface area contributed by atoms with Crippen molar-refractivity contribution in [1.29, 1.82) is 0 Å². The Morgan fingerprint density at radius 2 is 1.76 bits per heavy atom. The van der Waals surface area contributed by atoms with Crippen LogP contribution < -0.4 is 14.4 Å². The molecule has 0 radical (unpaired) electrons. The molecule has 1 aromatic heterocycles. The van der Waals surface area contributed by atoms with Crippen LogP contribution in [-0.4, -0.2) is 41.6 Å². The van der Waals surface area contributed by atoms with Crippen LogP contribution in [0.25, 0.3) is 0 Å². The van der Waals surface area contributed by atoms with Crippen molar-refractivity contribution in [2.75, 3.05) is 31.6 Å². The summed E-state index contributed by atoms with van der Waals surface area (Å²) in [6.45, 7) is 4.36. The summed E-state index contributed by atoms with van der Waals surface area (Å²) in [5, 5.41) is 0. The van der Waals surface area contributed by atoms with E-state index in [9.17, 15) is 4.39 Å². The summed E-state index contributed by atoms with van der Waals surface area (Å²) in [6, 6.07) is 14.3. The van der Waals surface area contributed by atoms with E-state index in [1.807, 2.05) is 12.1 Å². The Bertz CT molecular complexity index is 1100. The maximum absolute atomic E-state index is 13.4. The molecule has 0 atom stereocenters. The Morgan fingerprint density at radius 1 is 0.939 bits per heavy atom. The molecule has 2 aliphatic rings. The second-order valence-electron chi connectivity index (χ2n) is 8.67. The number of rotatable bonds is 6. The first-order valence-corrected chi connectivity index (χ1v) is 11.6. The number of benzene rings is 2. The van der Waals surface area contributed by atoms with Crippen LogP contribution >= 0.6 is 0 Å². The van der Waals surface area contributed by atoms with Crippen molar-refractivity contribution in [3.8, 4) is 17.4 Å². The van der Waals surface area contributed by atoms with Crippen molar-refractivity contribution in [1.82, 2.24) is 14.9 Å². The zero-order chi connectivity index (χ0) is 22.6. The average Bonchev–Trinajstić information content (AvgIpc) is 2.86. The lowest BCUT2D eigenvalue weighted by Gasteiger charge is -2.32. The van der Waals surface area contributed by atoms with Gasteiger partial charge in [-0.25, -0.2) is 9.37 Å². The van der Waals surface area contributed by atoms with Gasteiger partial charge in [-0.1, -0.05) is 12.1 Å². The van der Waals surface area contributed by atoms with Gasteiger partial charge in [0.25, 0.3) is 0 Å². The van der Waals surface area contributed by atoms with Crippen LogP contribution in [0.15, 0.2) is 48.5 Å². The molecule has 7 heteroatoms. The van der Waals surface area contributed by atoms with Gasteiger partial charge < -0.3 is 14.4 Å². The third-order valence-electron chi connectivity index (χ3n) is 6.30. The van der Waals surface area contributed by atoms with Crippen LogP contribution in [0.1, 0.15) is 36.1 Å². The van der Waals surface area contributed by atoms with Gasteiger partial charge in [-0.05, 0) is 61.2 Å². The Balaban J connectivity index is 1.43. The summed E-state index contributed by atoms with van der Waals surface area (Å²) in [7, 11) is 1.69. The molecule has 5 rings (SSSR count). The number of fused-ring (bicyclic) bond motifs is 1. The molecule has 2 aromatic carbocycles. The number of ether oxygens (including phenoxy) is 2. The summed E-state index contributed by atoms with van der Waals surface area (Å²) in [5.41, 5.74) is 3.25. The highest BCUT2D eigenvalue weighted by molar-refractivity contribution is 5.44. The SMILES string of the molecule is COc1cccc(CN2CCc3nc(N4CCCCC4)nc(Oc4ccc(F)cc4)c3C2)c1. The Labute approximate surface area is 194 Å².